The number of nitrogens with one attached hydrogen (secondary N) is 1. The van der Waals surface area contributed by atoms with Crippen LogP contribution in [0.25, 0.3) is 5.57 Å². The summed E-state index contributed by atoms with van der Waals surface area (Å²) in [5.41, 5.74) is 3.65. The van der Waals surface area contributed by atoms with E-state index in [1.807, 2.05) is 6.07 Å². The normalized spacial score (nSPS) is 19.9. The van der Waals surface area contributed by atoms with Crippen molar-refractivity contribution in [3.05, 3.63) is 35.4 Å². The van der Waals surface area contributed by atoms with Crippen molar-refractivity contribution in [3.8, 4) is 5.75 Å². The van der Waals surface area contributed by atoms with Crippen LogP contribution in [0.5, 0.6) is 5.75 Å². The van der Waals surface area contributed by atoms with Gasteiger partial charge in [-0.2, -0.15) is 0 Å². The van der Waals surface area contributed by atoms with Gasteiger partial charge in [-0.1, -0.05) is 6.07 Å². The summed E-state index contributed by atoms with van der Waals surface area (Å²) in [5.74, 6) is 0.948. The predicted molar refractivity (Wildman–Crippen MR) is 75.1 cm³/mol. The number of fused-ring (bicyclic) bond motifs is 1. The standard InChI is InChI=1S/C16H19NO2/c1-19-14-7-8-15-11(9-14)3-2-4-12(15)10-16(18)17-13-5-6-13/h7-10,13H,2-6H2,1H3,(H,17,18). The maximum absolute atomic E-state index is 11.9. The molecule has 0 atom stereocenters. The van der Waals surface area contributed by atoms with Gasteiger partial charge in [0.2, 0.25) is 5.91 Å². The van der Waals surface area contributed by atoms with Gasteiger partial charge in [0.25, 0.3) is 0 Å². The zero-order chi connectivity index (χ0) is 13.2. The van der Waals surface area contributed by atoms with E-state index in [9.17, 15) is 4.79 Å². The Labute approximate surface area is 113 Å². The summed E-state index contributed by atoms with van der Waals surface area (Å²) < 4.78 is 5.26. The van der Waals surface area contributed by atoms with Crippen LogP contribution in [0.15, 0.2) is 24.3 Å². The van der Waals surface area contributed by atoms with Crippen LogP contribution >= 0.6 is 0 Å². The number of rotatable bonds is 3. The molecule has 3 nitrogen and oxygen atoms in total. The Kier molecular flexibility index (Phi) is 3.28. The van der Waals surface area contributed by atoms with Crippen LogP contribution in [0.4, 0.5) is 0 Å². The Balaban J connectivity index is 1.84. The molecule has 100 valence electrons. The highest BCUT2D eigenvalue weighted by Gasteiger charge is 2.23. The molecule has 2 aliphatic carbocycles. The largest absolute Gasteiger partial charge is 0.497 e. The Bertz CT molecular complexity index is 530. The molecular weight excluding hydrogens is 238 g/mol. The first kappa shape index (κ1) is 12.3. The van der Waals surface area contributed by atoms with E-state index in [2.05, 4.69) is 17.4 Å². The van der Waals surface area contributed by atoms with Gasteiger partial charge >= 0.3 is 0 Å². The molecule has 2 aliphatic rings. The lowest BCUT2D eigenvalue weighted by molar-refractivity contribution is -0.116. The minimum atomic E-state index is 0.0566. The van der Waals surface area contributed by atoms with Crippen molar-refractivity contribution in [1.82, 2.24) is 5.32 Å². The number of hydrogen-bond acceptors (Lipinski definition) is 2. The molecule has 0 aliphatic heterocycles. The van der Waals surface area contributed by atoms with Crippen molar-refractivity contribution in [2.75, 3.05) is 7.11 Å². The number of aryl methyl sites for hydroxylation is 1. The molecule has 0 saturated heterocycles. The first-order valence-corrected chi connectivity index (χ1v) is 6.94. The van der Waals surface area contributed by atoms with E-state index >= 15 is 0 Å². The van der Waals surface area contributed by atoms with E-state index < -0.39 is 0 Å². The van der Waals surface area contributed by atoms with Crippen LogP contribution in [-0.4, -0.2) is 19.1 Å². The van der Waals surface area contributed by atoms with Gasteiger partial charge in [-0.05, 0) is 60.9 Å². The van der Waals surface area contributed by atoms with Crippen LogP contribution in [0.3, 0.4) is 0 Å². The molecule has 1 amide bonds. The van der Waals surface area contributed by atoms with Gasteiger partial charge in [-0.3, -0.25) is 4.79 Å². The van der Waals surface area contributed by atoms with Crippen molar-refractivity contribution in [1.29, 1.82) is 0 Å². The second kappa shape index (κ2) is 5.08. The fourth-order valence-electron chi connectivity index (χ4n) is 2.60. The monoisotopic (exact) mass is 257 g/mol. The Morgan fingerprint density at radius 3 is 2.95 bits per heavy atom. The zero-order valence-electron chi connectivity index (χ0n) is 11.2. The smallest absolute Gasteiger partial charge is 0.244 e. The molecule has 1 saturated carbocycles. The molecule has 1 aromatic carbocycles. The molecule has 0 unspecified atom stereocenters. The van der Waals surface area contributed by atoms with Crippen LogP contribution in [0, 0.1) is 0 Å². The van der Waals surface area contributed by atoms with E-state index in [-0.39, 0.29) is 5.91 Å². The van der Waals surface area contributed by atoms with E-state index in [1.165, 1.54) is 11.1 Å². The molecule has 1 aromatic rings. The SMILES string of the molecule is COc1ccc2c(c1)CCCC2=CC(=O)NC1CC1. The highest BCUT2D eigenvalue weighted by atomic mass is 16.5. The molecular formula is C16H19NO2. The molecule has 1 N–H and O–H groups in total. The summed E-state index contributed by atoms with van der Waals surface area (Å²) in [6, 6.07) is 6.55. The van der Waals surface area contributed by atoms with Gasteiger partial charge in [0.1, 0.15) is 5.75 Å². The van der Waals surface area contributed by atoms with Crippen LogP contribution in [0.1, 0.15) is 36.8 Å². The Morgan fingerprint density at radius 1 is 1.37 bits per heavy atom. The van der Waals surface area contributed by atoms with Crippen molar-refractivity contribution < 1.29 is 9.53 Å². The molecule has 3 heteroatoms. The first-order chi connectivity index (χ1) is 9.26. The lowest BCUT2D eigenvalue weighted by atomic mass is 9.87. The van der Waals surface area contributed by atoms with E-state index in [1.54, 1.807) is 13.2 Å². The molecule has 0 bridgehead atoms. The van der Waals surface area contributed by atoms with E-state index in [0.717, 1.165) is 43.4 Å². The lowest BCUT2D eigenvalue weighted by Crippen LogP contribution is -2.23. The average molecular weight is 257 g/mol. The van der Waals surface area contributed by atoms with E-state index in [4.69, 9.17) is 4.74 Å². The van der Waals surface area contributed by atoms with Gasteiger partial charge in [0.05, 0.1) is 7.11 Å². The van der Waals surface area contributed by atoms with Crippen LogP contribution < -0.4 is 10.1 Å². The number of allylic oxidation sites excluding steroid dienone is 1. The Hall–Kier alpha value is -1.77. The molecule has 1 fully saturated rings. The predicted octanol–water partition coefficient (Wildman–Crippen LogP) is 2.69. The summed E-state index contributed by atoms with van der Waals surface area (Å²) in [6.45, 7) is 0. The molecule has 0 heterocycles. The number of ether oxygens (including phenoxy) is 1. The minimum absolute atomic E-state index is 0.0566. The van der Waals surface area contributed by atoms with Gasteiger partial charge in [-0.15, -0.1) is 0 Å². The van der Waals surface area contributed by atoms with Crippen molar-refractivity contribution >= 4 is 11.5 Å². The van der Waals surface area contributed by atoms with E-state index in [0.29, 0.717) is 6.04 Å². The zero-order valence-corrected chi connectivity index (χ0v) is 11.2. The molecule has 3 rings (SSSR count). The first-order valence-electron chi connectivity index (χ1n) is 6.94. The lowest BCUT2D eigenvalue weighted by Gasteiger charge is -2.19. The van der Waals surface area contributed by atoms with Gasteiger partial charge in [-0.25, -0.2) is 0 Å². The van der Waals surface area contributed by atoms with Crippen LogP contribution in [0.2, 0.25) is 0 Å². The molecule has 0 radical (unpaired) electrons. The number of hydrogen-bond donors (Lipinski definition) is 1. The summed E-state index contributed by atoms with van der Waals surface area (Å²) in [6.07, 6.45) is 7.18. The van der Waals surface area contributed by atoms with Gasteiger partial charge < -0.3 is 10.1 Å². The number of carbonyl (C=O) groups excluding carboxylic acids is 1. The topological polar surface area (TPSA) is 38.3 Å². The number of carbonyl (C=O) groups is 1. The number of amides is 1. The maximum Gasteiger partial charge on any atom is 0.244 e. The van der Waals surface area contributed by atoms with Crippen molar-refractivity contribution in [2.45, 2.75) is 38.1 Å². The highest BCUT2D eigenvalue weighted by Crippen LogP contribution is 2.33. The van der Waals surface area contributed by atoms with Crippen molar-refractivity contribution in [2.24, 2.45) is 0 Å². The number of benzene rings is 1. The third-order valence-electron chi connectivity index (χ3n) is 3.78. The summed E-state index contributed by atoms with van der Waals surface area (Å²) >= 11 is 0. The quantitative estimate of drug-likeness (QED) is 0.845. The van der Waals surface area contributed by atoms with Gasteiger partial charge in [0, 0.05) is 12.1 Å². The second-order valence-electron chi connectivity index (χ2n) is 5.33. The fraction of sp³-hybridized carbons (Fsp3) is 0.438. The third kappa shape index (κ3) is 2.80. The minimum Gasteiger partial charge on any atom is -0.497 e. The average Bonchev–Trinajstić information content (AvgIpc) is 3.22. The molecule has 0 spiro atoms. The van der Waals surface area contributed by atoms with Gasteiger partial charge in [0.15, 0.2) is 0 Å². The van der Waals surface area contributed by atoms with Crippen LogP contribution in [-0.2, 0) is 11.2 Å². The second-order valence-corrected chi connectivity index (χ2v) is 5.33. The van der Waals surface area contributed by atoms with Crippen molar-refractivity contribution in [3.63, 3.8) is 0 Å². The summed E-state index contributed by atoms with van der Waals surface area (Å²) in [5, 5.41) is 3.01. The third-order valence-corrected chi connectivity index (χ3v) is 3.78. The highest BCUT2D eigenvalue weighted by molar-refractivity contribution is 5.96. The molecule has 0 aromatic heterocycles. The summed E-state index contributed by atoms with van der Waals surface area (Å²) in [7, 11) is 1.68. The fourth-order valence-corrected chi connectivity index (χ4v) is 2.60. The molecule has 19 heavy (non-hydrogen) atoms. The number of methoxy groups -OCH3 is 1. The summed E-state index contributed by atoms with van der Waals surface area (Å²) in [4.78, 5) is 11.9. The Morgan fingerprint density at radius 2 is 2.21 bits per heavy atom. The maximum atomic E-state index is 11.9.